The number of likely N-dealkylation sites (N-methyl/N-ethyl adjacent to an activating group) is 1. The predicted octanol–water partition coefficient (Wildman–Crippen LogP) is 1.73. The van der Waals surface area contributed by atoms with Crippen molar-refractivity contribution in [2.45, 2.75) is 32.6 Å². The van der Waals surface area contributed by atoms with E-state index in [4.69, 9.17) is 4.74 Å². The number of hydrogen-bond donors (Lipinski definition) is 1. The zero-order valence-corrected chi connectivity index (χ0v) is 11.0. The first-order valence-corrected chi connectivity index (χ1v) is 6.80. The molecule has 0 atom stereocenters. The molecule has 3 nitrogen and oxygen atoms in total. The minimum atomic E-state index is 0.854. The molecule has 1 fully saturated rings. The molecule has 1 aliphatic rings. The van der Waals surface area contributed by atoms with Crippen molar-refractivity contribution in [1.82, 2.24) is 10.2 Å². The van der Waals surface area contributed by atoms with Crippen LogP contribution in [0.15, 0.2) is 0 Å². The van der Waals surface area contributed by atoms with E-state index < -0.39 is 0 Å². The van der Waals surface area contributed by atoms with Gasteiger partial charge in [-0.05, 0) is 32.2 Å². The first-order chi connectivity index (χ1) is 7.83. The molecule has 0 heterocycles. The van der Waals surface area contributed by atoms with Gasteiger partial charge in [0.15, 0.2) is 0 Å². The van der Waals surface area contributed by atoms with Crippen LogP contribution in [0.2, 0.25) is 0 Å². The van der Waals surface area contributed by atoms with Crippen LogP contribution in [-0.2, 0) is 4.74 Å². The minimum absolute atomic E-state index is 0.854. The second-order valence-corrected chi connectivity index (χ2v) is 4.92. The number of hydrogen-bond acceptors (Lipinski definition) is 3. The highest BCUT2D eigenvalue weighted by molar-refractivity contribution is 4.76. The van der Waals surface area contributed by atoms with E-state index in [0.717, 1.165) is 38.8 Å². The highest BCUT2D eigenvalue weighted by atomic mass is 16.5. The van der Waals surface area contributed by atoms with Crippen LogP contribution in [0.5, 0.6) is 0 Å². The fourth-order valence-corrected chi connectivity index (χ4v) is 1.72. The zero-order chi connectivity index (χ0) is 11.6. The van der Waals surface area contributed by atoms with Crippen LogP contribution in [0, 0.1) is 5.92 Å². The van der Waals surface area contributed by atoms with Gasteiger partial charge in [0.05, 0.1) is 6.61 Å². The van der Waals surface area contributed by atoms with Crippen LogP contribution < -0.4 is 5.32 Å². The standard InChI is InChI=1S/C13H28N2O/c1-3-4-10-16-11-8-14-7-9-15(2)12-13-5-6-13/h13-14H,3-12H2,1-2H3. The van der Waals surface area contributed by atoms with Crippen molar-refractivity contribution in [2.24, 2.45) is 5.92 Å². The molecule has 0 amide bonds. The third-order valence-electron chi connectivity index (χ3n) is 3.00. The molecule has 0 aromatic carbocycles. The van der Waals surface area contributed by atoms with Crippen LogP contribution in [0.4, 0.5) is 0 Å². The molecule has 0 aromatic heterocycles. The Balaban J connectivity index is 1.73. The Kier molecular flexibility index (Phi) is 7.81. The lowest BCUT2D eigenvalue weighted by atomic mass is 10.4. The van der Waals surface area contributed by atoms with Gasteiger partial charge in [0.2, 0.25) is 0 Å². The molecule has 96 valence electrons. The van der Waals surface area contributed by atoms with Gasteiger partial charge >= 0.3 is 0 Å². The lowest BCUT2D eigenvalue weighted by Gasteiger charge is -2.16. The summed E-state index contributed by atoms with van der Waals surface area (Å²) in [5.74, 6) is 1.00. The SMILES string of the molecule is CCCCOCCNCCN(C)CC1CC1. The van der Waals surface area contributed by atoms with E-state index in [1.807, 2.05) is 0 Å². The molecule has 1 saturated carbocycles. The van der Waals surface area contributed by atoms with E-state index in [1.54, 1.807) is 0 Å². The average molecular weight is 228 g/mol. The molecule has 0 bridgehead atoms. The normalized spacial score (nSPS) is 15.9. The fourth-order valence-electron chi connectivity index (χ4n) is 1.72. The minimum Gasteiger partial charge on any atom is -0.380 e. The number of unbranched alkanes of at least 4 members (excludes halogenated alkanes) is 1. The van der Waals surface area contributed by atoms with E-state index in [1.165, 1.54) is 32.2 Å². The second-order valence-electron chi connectivity index (χ2n) is 4.92. The van der Waals surface area contributed by atoms with Crippen LogP contribution in [0.3, 0.4) is 0 Å². The summed E-state index contributed by atoms with van der Waals surface area (Å²) in [5.41, 5.74) is 0. The van der Waals surface area contributed by atoms with Crippen LogP contribution in [0.1, 0.15) is 32.6 Å². The lowest BCUT2D eigenvalue weighted by molar-refractivity contribution is 0.132. The third-order valence-corrected chi connectivity index (χ3v) is 3.00. The number of nitrogens with zero attached hydrogens (tertiary/aromatic N) is 1. The maximum atomic E-state index is 5.48. The summed E-state index contributed by atoms with van der Waals surface area (Å²) in [4.78, 5) is 2.43. The van der Waals surface area contributed by atoms with E-state index in [0.29, 0.717) is 0 Å². The summed E-state index contributed by atoms with van der Waals surface area (Å²) in [6, 6.07) is 0. The van der Waals surface area contributed by atoms with E-state index in [9.17, 15) is 0 Å². The molecule has 0 aliphatic heterocycles. The van der Waals surface area contributed by atoms with Gasteiger partial charge in [-0.25, -0.2) is 0 Å². The molecule has 1 aliphatic carbocycles. The van der Waals surface area contributed by atoms with Gasteiger partial charge in [0.25, 0.3) is 0 Å². The van der Waals surface area contributed by atoms with Crippen molar-refractivity contribution < 1.29 is 4.74 Å². The Labute approximate surface area is 101 Å². The molecule has 0 spiro atoms. The third kappa shape index (κ3) is 8.08. The topological polar surface area (TPSA) is 24.5 Å². The molecular weight excluding hydrogens is 200 g/mol. The van der Waals surface area contributed by atoms with Gasteiger partial charge in [0, 0.05) is 32.8 Å². The van der Waals surface area contributed by atoms with Gasteiger partial charge < -0.3 is 15.0 Å². The summed E-state index contributed by atoms with van der Waals surface area (Å²) >= 11 is 0. The van der Waals surface area contributed by atoms with Gasteiger partial charge in [-0.3, -0.25) is 0 Å². The fraction of sp³-hybridized carbons (Fsp3) is 1.00. The zero-order valence-electron chi connectivity index (χ0n) is 11.0. The smallest absolute Gasteiger partial charge is 0.0590 e. The Morgan fingerprint density at radius 1 is 1.25 bits per heavy atom. The summed E-state index contributed by atoms with van der Waals surface area (Å²) in [6.45, 7) is 8.48. The molecule has 16 heavy (non-hydrogen) atoms. The molecule has 1 N–H and O–H groups in total. The van der Waals surface area contributed by atoms with Crippen molar-refractivity contribution in [3.05, 3.63) is 0 Å². The Hall–Kier alpha value is -0.120. The van der Waals surface area contributed by atoms with Gasteiger partial charge in [-0.15, -0.1) is 0 Å². The maximum absolute atomic E-state index is 5.48. The predicted molar refractivity (Wildman–Crippen MR) is 68.8 cm³/mol. The van der Waals surface area contributed by atoms with Crippen LogP contribution >= 0.6 is 0 Å². The number of rotatable bonds is 11. The summed E-state index contributed by atoms with van der Waals surface area (Å²) in [5, 5.41) is 3.42. The largest absolute Gasteiger partial charge is 0.380 e. The number of nitrogens with one attached hydrogen (secondary N) is 1. The quantitative estimate of drug-likeness (QED) is 0.545. The van der Waals surface area contributed by atoms with Gasteiger partial charge in [-0.1, -0.05) is 13.3 Å². The first kappa shape index (κ1) is 13.9. The van der Waals surface area contributed by atoms with Crippen molar-refractivity contribution in [3.63, 3.8) is 0 Å². The van der Waals surface area contributed by atoms with Crippen molar-refractivity contribution >= 4 is 0 Å². The molecular formula is C13H28N2O. The average Bonchev–Trinajstić information content (AvgIpc) is 3.06. The van der Waals surface area contributed by atoms with Gasteiger partial charge in [-0.2, -0.15) is 0 Å². The van der Waals surface area contributed by atoms with Crippen LogP contribution in [-0.4, -0.2) is 51.3 Å². The monoisotopic (exact) mass is 228 g/mol. The van der Waals surface area contributed by atoms with E-state index >= 15 is 0 Å². The molecule has 1 rings (SSSR count). The maximum Gasteiger partial charge on any atom is 0.0590 e. The first-order valence-electron chi connectivity index (χ1n) is 6.80. The molecule has 3 heteroatoms. The Morgan fingerprint density at radius 2 is 2.06 bits per heavy atom. The Bertz CT molecular complexity index is 160. The van der Waals surface area contributed by atoms with Crippen molar-refractivity contribution in [1.29, 1.82) is 0 Å². The lowest BCUT2D eigenvalue weighted by Crippen LogP contribution is -2.32. The molecule has 0 radical (unpaired) electrons. The van der Waals surface area contributed by atoms with E-state index in [-0.39, 0.29) is 0 Å². The summed E-state index contributed by atoms with van der Waals surface area (Å²) in [6.07, 6.45) is 5.30. The van der Waals surface area contributed by atoms with Crippen LogP contribution in [0.25, 0.3) is 0 Å². The molecule has 0 saturated heterocycles. The summed E-state index contributed by atoms with van der Waals surface area (Å²) < 4.78 is 5.48. The Morgan fingerprint density at radius 3 is 2.75 bits per heavy atom. The van der Waals surface area contributed by atoms with Crippen molar-refractivity contribution in [2.75, 3.05) is 46.4 Å². The van der Waals surface area contributed by atoms with Gasteiger partial charge in [0.1, 0.15) is 0 Å². The van der Waals surface area contributed by atoms with Crippen molar-refractivity contribution in [3.8, 4) is 0 Å². The summed E-state index contributed by atoms with van der Waals surface area (Å²) in [7, 11) is 2.22. The second kappa shape index (κ2) is 8.97. The molecule has 0 aromatic rings. The van der Waals surface area contributed by atoms with E-state index in [2.05, 4.69) is 24.2 Å². The highest BCUT2D eigenvalue weighted by Gasteiger charge is 2.22. The highest BCUT2D eigenvalue weighted by Crippen LogP contribution is 2.29. The molecule has 0 unspecified atom stereocenters. The number of ether oxygens (including phenoxy) is 1.